The second-order valence-electron chi connectivity index (χ2n) is 7.39. The summed E-state index contributed by atoms with van der Waals surface area (Å²) in [5.41, 5.74) is 3.83. The molecule has 0 N–H and O–H groups in total. The summed E-state index contributed by atoms with van der Waals surface area (Å²) in [7, 11) is 1.92. The molecule has 0 saturated carbocycles. The molecule has 1 heterocycles. The number of hydrogen-bond acceptors (Lipinski definition) is 3. The fourth-order valence-electron chi connectivity index (χ4n) is 4.20. The lowest BCUT2D eigenvalue weighted by Crippen LogP contribution is -2.60. The fraction of sp³-hybridized carbons (Fsp3) is 0.364. The summed E-state index contributed by atoms with van der Waals surface area (Å²) in [4.78, 5) is 25.7. The zero-order chi connectivity index (χ0) is 19.8. The van der Waals surface area contributed by atoms with Crippen LogP contribution in [0.15, 0.2) is 48.5 Å². The van der Waals surface area contributed by atoms with E-state index in [1.165, 1.54) is 4.90 Å². The molecule has 5 nitrogen and oxygen atoms in total. The molecular formula is C22H26N2O3. The van der Waals surface area contributed by atoms with Crippen LogP contribution in [-0.2, 0) is 4.79 Å². The van der Waals surface area contributed by atoms with Crippen LogP contribution in [0.3, 0.4) is 0 Å². The Morgan fingerprint density at radius 2 is 1.81 bits per heavy atom. The highest BCUT2D eigenvalue weighted by molar-refractivity contribution is 5.89. The maximum Gasteiger partial charge on any atom is 0.315 e. The van der Waals surface area contributed by atoms with E-state index in [2.05, 4.69) is 0 Å². The van der Waals surface area contributed by atoms with Crippen LogP contribution in [0.2, 0.25) is 0 Å². The quantitative estimate of drug-likeness (QED) is 0.783. The van der Waals surface area contributed by atoms with Crippen molar-refractivity contribution < 1.29 is 14.7 Å². The number of fused-ring (bicyclic) bond motifs is 1. The highest BCUT2D eigenvalue weighted by Crippen LogP contribution is 2.45. The number of hydrogen-bond donors (Lipinski definition) is 0. The molecule has 0 aromatic heterocycles. The van der Waals surface area contributed by atoms with Gasteiger partial charge in [0.25, 0.3) is 0 Å². The van der Waals surface area contributed by atoms with E-state index in [0.717, 1.165) is 22.4 Å². The van der Waals surface area contributed by atoms with E-state index < -0.39 is 6.09 Å². The van der Waals surface area contributed by atoms with Crippen molar-refractivity contribution in [2.75, 3.05) is 13.6 Å². The molecule has 5 heteroatoms. The van der Waals surface area contributed by atoms with Gasteiger partial charge in [-0.1, -0.05) is 30.3 Å². The Kier molecular flexibility index (Phi) is 5.07. The average molecular weight is 366 g/mol. The van der Waals surface area contributed by atoms with E-state index in [9.17, 15) is 14.7 Å². The summed E-state index contributed by atoms with van der Waals surface area (Å²) in [5.74, 6) is 0.0474. The SMILES string of the molecule is CCN(C(=O)[O-])[C@@H]1C[C@H](C)[N+](C)(C(C)=O)c2ccc(-c3ccccc3)cc21. The molecule has 0 saturated heterocycles. The first-order valence-electron chi connectivity index (χ1n) is 9.35. The molecule has 2 amide bonds. The summed E-state index contributed by atoms with van der Waals surface area (Å²) < 4.78 is 0.172. The van der Waals surface area contributed by atoms with E-state index in [1.807, 2.05) is 69.4 Å². The zero-order valence-electron chi connectivity index (χ0n) is 16.3. The Morgan fingerprint density at radius 1 is 1.15 bits per heavy atom. The minimum atomic E-state index is -1.18. The third-order valence-corrected chi connectivity index (χ3v) is 6.05. The lowest BCUT2D eigenvalue weighted by Gasteiger charge is -2.47. The van der Waals surface area contributed by atoms with Gasteiger partial charge >= 0.3 is 5.91 Å². The molecule has 1 unspecified atom stereocenters. The summed E-state index contributed by atoms with van der Waals surface area (Å²) in [6.45, 7) is 5.76. The molecule has 3 atom stereocenters. The number of carbonyl (C=O) groups excluding carboxylic acids is 2. The molecular weight excluding hydrogens is 340 g/mol. The van der Waals surface area contributed by atoms with Crippen LogP contribution in [-0.4, -0.2) is 36.5 Å². The predicted octanol–water partition coefficient (Wildman–Crippen LogP) is 3.34. The topological polar surface area (TPSA) is 60.4 Å². The van der Waals surface area contributed by atoms with Crippen molar-refractivity contribution in [3.63, 3.8) is 0 Å². The Morgan fingerprint density at radius 3 is 2.37 bits per heavy atom. The fourth-order valence-corrected chi connectivity index (χ4v) is 4.20. The Labute approximate surface area is 160 Å². The molecule has 0 aliphatic carbocycles. The lowest BCUT2D eigenvalue weighted by atomic mass is 9.86. The number of carbonyl (C=O) groups is 2. The lowest BCUT2D eigenvalue weighted by molar-refractivity contribution is -0.268. The minimum absolute atomic E-state index is 0.0315. The van der Waals surface area contributed by atoms with Gasteiger partial charge in [-0.25, -0.2) is 9.28 Å². The molecule has 1 aliphatic heterocycles. The van der Waals surface area contributed by atoms with Crippen molar-refractivity contribution in [2.24, 2.45) is 0 Å². The van der Waals surface area contributed by atoms with Gasteiger partial charge in [-0.2, -0.15) is 0 Å². The summed E-state index contributed by atoms with van der Waals surface area (Å²) in [5, 5.41) is 11.7. The van der Waals surface area contributed by atoms with Crippen LogP contribution in [0.5, 0.6) is 0 Å². The summed E-state index contributed by atoms with van der Waals surface area (Å²) >= 11 is 0. The van der Waals surface area contributed by atoms with Gasteiger partial charge in [0, 0.05) is 24.6 Å². The van der Waals surface area contributed by atoms with Crippen LogP contribution in [0.4, 0.5) is 10.5 Å². The molecule has 27 heavy (non-hydrogen) atoms. The van der Waals surface area contributed by atoms with Gasteiger partial charge in [-0.05, 0) is 37.1 Å². The van der Waals surface area contributed by atoms with Crippen LogP contribution in [0.1, 0.15) is 38.8 Å². The van der Waals surface area contributed by atoms with Crippen molar-refractivity contribution in [3.8, 4) is 11.1 Å². The summed E-state index contributed by atoms with van der Waals surface area (Å²) in [6.07, 6.45) is -0.604. The van der Waals surface area contributed by atoms with Gasteiger partial charge in [-0.3, -0.25) is 0 Å². The number of carboxylic acid groups (broad SMARTS) is 1. The number of quaternary nitrogens is 1. The second-order valence-corrected chi connectivity index (χ2v) is 7.39. The van der Waals surface area contributed by atoms with Crippen molar-refractivity contribution in [1.82, 2.24) is 9.38 Å². The van der Waals surface area contributed by atoms with E-state index in [1.54, 1.807) is 6.92 Å². The third kappa shape index (κ3) is 3.12. The van der Waals surface area contributed by atoms with Gasteiger partial charge in [0.2, 0.25) is 0 Å². The number of nitrogens with zero attached hydrogens (tertiary/aromatic N) is 2. The highest BCUT2D eigenvalue weighted by Gasteiger charge is 2.46. The first kappa shape index (κ1) is 19.1. The highest BCUT2D eigenvalue weighted by atomic mass is 16.4. The van der Waals surface area contributed by atoms with Gasteiger partial charge in [0.15, 0.2) is 0 Å². The minimum Gasteiger partial charge on any atom is -0.530 e. The molecule has 0 fully saturated rings. The van der Waals surface area contributed by atoms with Crippen molar-refractivity contribution in [3.05, 3.63) is 54.1 Å². The van der Waals surface area contributed by atoms with Crippen molar-refractivity contribution >= 4 is 17.7 Å². The Hall–Kier alpha value is -2.66. The van der Waals surface area contributed by atoms with E-state index in [0.29, 0.717) is 13.0 Å². The normalized spacial score (nSPS) is 24.1. The van der Waals surface area contributed by atoms with Crippen molar-refractivity contribution in [1.29, 1.82) is 0 Å². The third-order valence-electron chi connectivity index (χ3n) is 6.05. The molecule has 142 valence electrons. The molecule has 0 radical (unpaired) electrons. The molecule has 0 bridgehead atoms. The monoisotopic (exact) mass is 366 g/mol. The van der Waals surface area contributed by atoms with Crippen LogP contribution in [0, 0.1) is 0 Å². The van der Waals surface area contributed by atoms with E-state index in [4.69, 9.17) is 0 Å². The van der Waals surface area contributed by atoms with Gasteiger partial charge in [0.05, 0.1) is 26.1 Å². The standard InChI is InChI=1S/C22H26N2O3/c1-5-23(22(26)27)20-13-15(2)24(4,16(3)25)21-12-11-18(14-19(20)21)17-9-7-6-8-10-17/h6-12,14-15,20H,5,13H2,1-4H3/t15-,20+,24?/m0/s1. The molecule has 3 rings (SSSR count). The Balaban J connectivity index is 2.22. The maximum atomic E-state index is 12.6. The van der Waals surface area contributed by atoms with E-state index >= 15 is 0 Å². The number of amides is 2. The molecule has 2 aromatic rings. The van der Waals surface area contributed by atoms with Gasteiger partial charge in [0.1, 0.15) is 11.8 Å². The average Bonchev–Trinajstić information content (AvgIpc) is 2.66. The van der Waals surface area contributed by atoms with Crippen molar-refractivity contribution in [2.45, 2.75) is 39.3 Å². The molecule has 0 spiro atoms. The summed E-state index contributed by atoms with van der Waals surface area (Å²) in [6, 6.07) is 15.6. The first-order chi connectivity index (χ1) is 12.8. The second kappa shape index (κ2) is 7.16. The first-order valence-corrected chi connectivity index (χ1v) is 9.35. The zero-order valence-corrected chi connectivity index (χ0v) is 16.3. The molecule has 1 aliphatic rings. The van der Waals surface area contributed by atoms with Crippen LogP contribution in [0.25, 0.3) is 11.1 Å². The predicted molar refractivity (Wildman–Crippen MR) is 105 cm³/mol. The van der Waals surface area contributed by atoms with Gasteiger partial charge in [-0.15, -0.1) is 0 Å². The van der Waals surface area contributed by atoms with Gasteiger partial charge < -0.3 is 14.8 Å². The molecule has 2 aromatic carbocycles. The largest absolute Gasteiger partial charge is 0.530 e. The van der Waals surface area contributed by atoms with Crippen LogP contribution < -0.4 is 9.59 Å². The van der Waals surface area contributed by atoms with Crippen LogP contribution >= 0.6 is 0 Å². The Bertz CT molecular complexity index is 865. The smallest absolute Gasteiger partial charge is 0.315 e. The number of benzene rings is 2. The number of rotatable bonds is 3. The maximum absolute atomic E-state index is 12.6. The van der Waals surface area contributed by atoms with E-state index in [-0.39, 0.29) is 22.5 Å².